The Bertz CT molecular complexity index is 821. The Morgan fingerprint density at radius 2 is 2.16 bits per heavy atom. The third-order valence-corrected chi connectivity index (χ3v) is 4.49. The van der Waals surface area contributed by atoms with Gasteiger partial charge in [0.25, 0.3) is 0 Å². The van der Waals surface area contributed by atoms with Gasteiger partial charge in [-0.1, -0.05) is 31.4 Å². The molecule has 1 fully saturated rings. The largest absolute Gasteiger partial charge is 0.546 e. The van der Waals surface area contributed by atoms with E-state index in [4.69, 9.17) is 17.0 Å². The predicted molar refractivity (Wildman–Crippen MR) is 93.2 cm³/mol. The topological polar surface area (TPSA) is 95.3 Å². The lowest BCUT2D eigenvalue weighted by molar-refractivity contribution is -0.307. The van der Waals surface area contributed by atoms with Gasteiger partial charge in [-0.05, 0) is 37.2 Å². The van der Waals surface area contributed by atoms with Crippen molar-refractivity contribution in [3.8, 4) is 5.75 Å². The molecule has 1 N–H and O–H groups in total. The van der Waals surface area contributed by atoms with Gasteiger partial charge in [0.05, 0.1) is 12.2 Å². The molecule has 1 aromatic heterocycles. The smallest absolute Gasteiger partial charge is 0.216 e. The van der Waals surface area contributed by atoms with E-state index in [9.17, 15) is 9.90 Å². The molecule has 0 spiro atoms. The van der Waals surface area contributed by atoms with E-state index >= 15 is 0 Å². The highest BCUT2D eigenvalue weighted by Gasteiger charge is 2.21. The minimum absolute atomic E-state index is 0.350. The van der Waals surface area contributed by atoms with E-state index in [0.29, 0.717) is 22.0 Å². The second kappa shape index (κ2) is 8.06. The number of carbonyl (C=O) groups is 1. The third-order valence-electron chi connectivity index (χ3n) is 4.22. The number of aliphatic carboxylic acids is 1. The molecule has 0 radical (unpaired) electrons. The SMILES string of the molecule is O=C([O-])COc1ccccc1/C=N\n1c(C2CCCCC2)n[nH]c1=S. The average Bonchev–Trinajstić information content (AvgIpc) is 3.00. The molecule has 132 valence electrons. The van der Waals surface area contributed by atoms with Crippen LogP contribution in [0.5, 0.6) is 5.75 Å². The fraction of sp³-hybridized carbons (Fsp3) is 0.412. The maximum atomic E-state index is 10.6. The van der Waals surface area contributed by atoms with Crippen molar-refractivity contribution < 1.29 is 14.6 Å². The first kappa shape index (κ1) is 17.3. The number of H-pyrrole nitrogens is 1. The van der Waals surface area contributed by atoms with Gasteiger partial charge in [-0.15, -0.1) is 0 Å². The number of nitrogens with one attached hydrogen (secondary N) is 1. The van der Waals surface area contributed by atoms with E-state index in [1.54, 1.807) is 29.1 Å². The van der Waals surface area contributed by atoms with Gasteiger partial charge in [-0.3, -0.25) is 5.10 Å². The zero-order chi connectivity index (χ0) is 17.6. The van der Waals surface area contributed by atoms with Gasteiger partial charge in [-0.25, -0.2) is 0 Å². The minimum atomic E-state index is -1.27. The lowest BCUT2D eigenvalue weighted by atomic mass is 9.89. The van der Waals surface area contributed by atoms with Crippen molar-refractivity contribution in [3.05, 3.63) is 40.4 Å². The van der Waals surface area contributed by atoms with Crippen LogP contribution in [0.4, 0.5) is 0 Å². The Morgan fingerprint density at radius 1 is 1.40 bits per heavy atom. The first-order valence-corrected chi connectivity index (χ1v) is 8.69. The monoisotopic (exact) mass is 359 g/mol. The van der Waals surface area contributed by atoms with Crippen LogP contribution in [0.3, 0.4) is 0 Å². The summed E-state index contributed by atoms with van der Waals surface area (Å²) >= 11 is 5.29. The van der Waals surface area contributed by atoms with Gasteiger partial charge in [0.2, 0.25) is 4.77 Å². The van der Waals surface area contributed by atoms with Crippen molar-refractivity contribution in [3.63, 3.8) is 0 Å². The highest BCUT2D eigenvalue weighted by Crippen LogP contribution is 2.31. The number of ether oxygens (including phenoxy) is 1. The Kier molecular flexibility index (Phi) is 5.60. The van der Waals surface area contributed by atoms with E-state index < -0.39 is 12.6 Å². The van der Waals surface area contributed by atoms with E-state index in [1.807, 2.05) is 6.07 Å². The zero-order valence-corrected chi connectivity index (χ0v) is 14.5. The van der Waals surface area contributed by atoms with Crippen molar-refractivity contribution >= 4 is 24.4 Å². The van der Waals surface area contributed by atoms with Crippen LogP contribution in [0.15, 0.2) is 29.4 Å². The summed E-state index contributed by atoms with van der Waals surface area (Å²) in [7, 11) is 0. The van der Waals surface area contributed by atoms with Crippen LogP contribution in [-0.4, -0.2) is 33.7 Å². The molecule has 3 rings (SSSR count). The van der Waals surface area contributed by atoms with Crippen LogP contribution >= 0.6 is 12.2 Å². The Morgan fingerprint density at radius 3 is 2.92 bits per heavy atom. The molecule has 0 saturated heterocycles. The summed E-state index contributed by atoms with van der Waals surface area (Å²) in [4.78, 5) is 10.6. The molecule has 25 heavy (non-hydrogen) atoms. The van der Waals surface area contributed by atoms with E-state index in [-0.39, 0.29) is 0 Å². The number of rotatable bonds is 6. The van der Waals surface area contributed by atoms with Gasteiger partial charge in [-0.2, -0.15) is 14.9 Å². The van der Waals surface area contributed by atoms with Gasteiger partial charge < -0.3 is 14.6 Å². The minimum Gasteiger partial charge on any atom is -0.546 e. The molecule has 8 heteroatoms. The van der Waals surface area contributed by atoms with Gasteiger partial charge in [0.1, 0.15) is 12.4 Å². The van der Waals surface area contributed by atoms with Crippen LogP contribution in [0.2, 0.25) is 0 Å². The lowest BCUT2D eigenvalue weighted by Gasteiger charge is -2.19. The molecule has 0 bridgehead atoms. The molecule has 2 aromatic rings. The number of carboxylic acid groups (broad SMARTS) is 1. The van der Waals surface area contributed by atoms with Crippen molar-refractivity contribution in [1.82, 2.24) is 14.9 Å². The third kappa shape index (κ3) is 4.33. The molecule has 0 unspecified atom stereocenters. The first-order chi connectivity index (χ1) is 12.1. The summed E-state index contributed by atoms with van der Waals surface area (Å²) in [5.41, 5.74) is 0.654. The summed E-state index contributed by atoms with van der Waals surface area (Å²) in [6.45, 7) is -0.511. The Balaban J connectivity index is 1.84. The van der Waals surface area contributed by atoms with Gasteiger partial charge in [0, 0.05) is 11.5 Å². The molecule has 0 aliphatic heterocycles. The fourth-order valence-corrected chi connectivity index (χ4v) is 3.20. The van der Waals surface area contributed by atoms with Crippen LogP contribution in [0.25, 0.3) is 0 Å². The molecular formula is C17H19N4O3S-. The molecule has 7 nitrogen and oxygen atoms in total. The lowest BCUT2D eigenvalue weighted by Crippen LogP contribution is -2.29. The van der Waals surface area contributed by atoms with Crippen molar-refractivity contribution in [1.29, 1.82) is 0 Å². The molecule has 1 saturated carbocycles. The van der Waals surface area contributed by atoms with Gasteiger partial charge >= 0.3 is 0 Å². The number of aromatic amines is 1. The zero-order valence-electron chi connectivity index (χ0n) is 13.7. The molecule has 0 atom stereocenters. The van der Waals surface area contributed by atoms with Gasteiger partial charge in [0.15, 0.2) is 5.82 Å². The normalized spacial score (nSPS) is 15.5. The van der Waals surface area contributed by atoms with Crippen LogP contribution in [-0.2, 0) is 4.79 Å². The van der Waals surface area contributed by atoms with E-state index in [0.717, 1.165) is 18.7 Å². The molecular weight excluding hydrogens is 340 g/mol. The summed E-state index contributed by atoms with van der Waals surface area (Å²) in [5, 5.41) is 22.2. The number of nitrogens with zero attached hydrogens (tertiary/aromatic N) is 3. The maximum Gasteiger partial charge on any atom is 0.216 e. The molecule has 0 amide bonds. The summed E-state index contributed by atoms with van der Waals surface area (Å²) < 4.78 is 7.31. The van der Waals surface area contributed by atoms with Crippen LogP contribution in [0.1, 0.15) is 49.4 Å². The summed E-state index contributed by atoms with van der Waals surface area (Å²) in [6, 6.07) is 7.06. The predicted octanol–water partition coefficient (Wildman–Crippen LogP) is 2.00. The molecule has 1 aliphatic carbocycles. The number of para-hydroxylation sites is 1. The second-order valence-corrected chi connectivity index (χ2v) is 6.36. The number of aromatic nitrogens is 3. The van der Waals surface area contributed by atoms with Crippen LogP contribution in [0, 0.1) is 4.77 Å². The number of carboxylic acids is 1. The molecule has 1 heterocycles. The van der Waals surface area contributed by atoms with E-state index in [1.165, 1.54) is 19.3 Å². The average molecular weight is 359 g/mol. The Labute approximate surface area is 150 Å². The number of benzene rings is 1. The maximum absolute atomic E-state index is 10.6. The van der Waals surface area contributed by atoms with Crippen molar-refractivity contribution in [2.75, 3.05) is 6.61 Å². The number of carbonyl (C=O) groups excluding carboxylic acids is 1. The highest BCUT2D eigenvalue weighted by atomic mass is 32.1. The number of hydrogen-bond donors (Lipinski definition) is 1. The summed E-state index contributed by atoms with van der Waals surface area (Å²) in [5.74, 6) is 0.338. The first-order valence-electron chi connectivity index (χ1n) is 8.28. The van der Waals surface area contributed by atoms with E-state index in [2.05, 4.69) is 15.3 Å². The molecule has 1 aliphatic rings. The Hall–Kier alpha value is -2.48. The fourth-order valence-electron chi connectivity index (χ4n) is 3.02. The highest BCUT2D eigenvalue weighted by molar-refractivity contribution is 7.71. The summed E-state index contributed by atoms with van der Waals surface area (Å²) in [6.07, 6.45) is 7.40. The van der Waals surface area contributed by atoms with Crippen LogP contribution < -0.4 is 9.84 Å². The number of hydrogen-bond acceptors (Lipinski definition) is 6. The standard InChI is InChI=1S/C17H20N4O3S/c22-15(23)11-24-14-9-5-4-8-13(14)10-18-21-16(19-20-17(21)25)12-6-2-1-3-7-12/h4-5,8-10,12H,1-3,6-7,11H2,(H,20,25)(H,22,23)/p-1/b18-10-. The van der Waals surface area contributed by atoms with Crippen molar-refractivity contribution in [2.24, 2.45) is 5.10 Å². The molecule has 1 aromatic carbocycles. The van der Waals surface area contributed by atoms with Crippen molar-refractivity contribution in [2.45, 2.75) is 38.0 Å². The second-order valence-electron chi connectivity index (χ2n) is 5.98. The quantitative estimate of drug-likeness (QED) is 0.629.